The smallest absolute Gasteiger partial charge is 0.146 e. The third-order valence-corrected chi connectivity index (χ3v) is 4.67. The number of ether oxygens (including phenoxy) is 1. The van der Waals surface area contributed by atoms with E-state index in [0.717, 1.165) is 48.6 Å². The Labute approximate surface area is 122 Å². The fourth-order valence-corrected chi connectivity index (χ4v) is 3.14. The zero-order valence-electron chi connectivity index (χ0n) is 12.0. The Balaban J connectivity index is 1.68. The Morgan fingerprint density at radius 1 is 1.40 bits per heavy atom. The van der Waals surface area contributed by atoms with Crippen molar-refractivity contribution in [1.82, 2.24) is 24.6 Å². The summed E-state index contributed by atoms with van der Waals surface area (Å²) in [6.07, 6.45) is 0.0803. The minimum atomic E-state index is 0.0803. The molecule has 7 heteroatoms. The maximum absolute atomic E-state index is 5.84. The topological polar surface area (TPSA) is 56.1 Å². The summed E-state index contributed by atoms with van der Waals surface area (Å²) in [5.74, 6) is 1.94. The van der Waals surface area contributed by atoms with Crippen molar-refractivity contribution in [3.05, 3.63) is 27.7 Å². The molecule has 3 heterocycles. The van der Waals surface area contributed by atoms with Crippen molar-refractivity contribution < 1.29 is 4.74 Å². The Morgan fingerprint density at radius 2 is 2.25 bits per heavy atom. The minimum absolute atomic E-state index is 0.0803. The molecule has 0 saturated carbocycles. The summed E-state index contributed by atoms with van der Waals surface area (Å²) >= 11 is 1.68. The molecular formula is C13H19N5OS. The largest absolute Gasteiger partial charge is 0.368 e. The molecule has 108 valence electrons. The predicted octanol–water partition coefficient (Wildman–Crippen LogP) is 1.46. The van der Waals surface area contributed by atoms with Crippen LogP contribution < -0.4 is 0 Å². The third kappa shape index (κ3) is 2.74. The van der Waals surface area contributed by atoms with Crippen molar-refractivity contribution in [2.75, 3.05) is 19.7 Å². The van der Waals surface area contributed by atoms with Gasteiger partial charge in [-0.25, -0.2) is 4.98 Å². The van der Waals surface area contributed by atoms with Gasteiger partial charge in [0, 0.05) is 31.2 Å². The quantitative estimate of drug-likeness (QED) is 0.857. The number of thiazole rings is 1. The highest BCUT2D eigenvalue weighted by Gasteiger charge is 2.25. The van der Waals surface area contributed by atoms with Gasteiger partial charge in [0.25, 0.3) is 0 Å². The Hall–Kier alpha value is -1.31. The number of rotatable bonds is 3. The average Bonchev–Trinajstić information content (AvgIpc) is 3.00. The number of aryl methyl sites for hydroxylation is 2. The molecule has 2 aromatic rings. The lowest BCUT2D eigenvalue weighted by Crippen LogP contribution is -2.38. The molecule has 6 nitrogen and oxygen atoms in total. The molecule has 20 heavy (non-hydrogen) atoms. The van der Waals surface area contributed by atoms with E-state index in [1.165, 1.54) is 0 Å². The van der Waals surface area contributed by atoms with E-state index >= 15 is 0 Å². The van der Waals surface area contributed by atoms with Crippen LogP contribution >= 0.6 is 11.3 Å². The molecule has 1 aliphatic heterocycles. The van der Waals surface area contributed by atoms with E-state index < -0.39 is 0 Å². The van der Waals surface area contributed by atoms with Gasteiger partial charge in [-0.3, -0.25) is 4.90 Å². The van der Waals surface area contributed by atoms with Crippen LogP contribution in [0.4, 0.5) is 0 Å². The second-order valence-corrected chi connectivity index (χ2v) is 6.03. The molecule has 0 bridgehead atoms. The molecule has 0 spiro atoms. The molecule has 0 amide bonds. The fraction of sp³-hybridized carbons (Fsp3) is 0.615. The summed E-state index contributed by atoms with van der Waals surface area (Å²) < 4.78 is 7.88. The van der Waals surface area contributed by atoms with Crippen molar-refractivity contribution in [3.63, 3.8) is 0 Å². The van der Waals surface area contributed by atoms with E-state index in [4.69, 9.17) is 4.74 Å². The Kier molecular flexibility index (Phi) is 3.82. The van der Waals surface area contributed by atoms with E-state index in [1.54, 1.807) is 11.3 Å². The second kappa shape index (κ2) is 5.59. The molecule has 0 aromatic carbocycles. The summed E-state index contributed by atoms with van der Waals surface area (Å²) in [5, 5.41) is 11.5. The van der Waals surface area contributed by atoms with Gasteiger partial charge in [-0.1, -0.05) is 0 Å². The van der Waals surface area contributed by atoms with Crippen LogP contribution in [0.15, 0.2) is 5.38 Å². The van der Waals surface area contributed by atoms with Crippen molar-refractivity contribution in [1.29, 1.82) is 0 Å². The first kappa shape index (κ1) is 13.7. The highest BCUT2D eigenvalue weighted by molar-refractivity contribution is 7.09. The van der Waals surface area contributed by atoms with Gasteiger partial charge >= 0.3 is 0 Å². The number of morpholine rings is 1. The molecule has 0 radical (unpaired) electrons. The summed E-state index contributed by atoms with van der Waals surface area (Å²) in [7, 11) is 2.01. The average molecular weight is 293 g/mol. The van der Waals surface area contributed by atoms with Crippen molar-refractivity contribution >= 4 is 11.3 Å². The first-order valence-electron chi connectivity index (χ1n) is 6.74. The lowest BCUT2D eigenvalue weighted by atomic mass is 10.2. The van der Waals surface area contributed by atoms with Crippen LogP contribution in [0.3, 0.4) is 0 Å². The van der Waals surface area contributed by atoms with Crippen molar-refractivity contribution in [3.8, 4) is 0 Å². The number of aromatic nitrogens is 4. The molecule has 1 atom stereocenters. The Morgan fingerprint density at radius 3 is 2.90 bits per heavy atom. The van der Waals surface area contributed by atoms with E-state index in [1.807, 2.05) is 25.5 Å². The molecule has 0 aliphatic carbocycles. The van der Waals surface area contributed by atoms with Gasteiger partial charge in [0.15, 0.2) is 0 Å². The molecular weight excluding hydrogens is 274 g/mol. The lowest BCUT2D eigenvalue weighted by molar-refractivity contribution is -0.0340. The number of nitrogens with zero attached hydrogens (tertiary/aromatic N) is 5. The van der Waals surface area contributed by atoms with Gasteiger partial charge in [0.05, 0.1) is 13.2 Å². The van der Waals surface area contributed by atoms with E-state index in [-0.39, 0.29) is 6.10 Å². The second-order valence-electron chi connectivity index (χ2n) is 5.14. The SMILES string of the molecule is Cc1csc([C@@H]2CN(Cc3nnc(C)n3C)CCO2)n1. The summed E-state index contributed by atoms with van der Waals surface area (Å²) in [6, 6.07) is 0. The fourth-order valence-electron chi connectivity index (χ4n) is 2.30. The first-order chi connectivity index (χ1) is 9.63. The zero-order chi connectivity index (χ0) is 14.1. The highest BCUT2D eigenvalue weighted by Crippen LogP contribution is 2.25. The van der Waals surface area contributed by atoms with E-state index in [2.05, 4.69) is 25.5 Å². The summed E-state index contributed by atoms with van der Waals surface area (Å²) in [4.78, 5) is 6.89. The number of hydrogen-bond acceptors (Lipinski definition) is 6. The maximum atomic E-state index is 5.84. The van der Waals surface area contributed by atoms with E-state index in [0.29, 0.717) is 0 Å². The predicted molar refractivity (Wildman–Crippen MR) is 76.6 cm³/mol. The van der Waals surface area contributed by atoms with Crippen LogP contribution in [0, 0.1) is 13.8 Å². The summed E-state index contributed by atoms with van der Waals surface area (Å²) in [6.45, 7) is 7.31. The molecule has 1 aliphatic rings. The van der Waals surface area contributed by atoms with Gasteiger partial charge in [-0.15, -0.1) is 21.5 Å². The molecule has 0 N–H and O–H groups in total. The molecule has 3 rings (SSSR count). The van der Waals surface area contributed by atoms with Crippen LogP contribution in [0.2, 0.25) is 0 Å². The molecule has 1 fully saturated rings. The number of hydrogen-bond donors (Lipinski definition) is 0. The van der Waals surface area contributed by atoms with Gasteiger partial charge in [0.1, 0.15) is 22.8 Å². The monoisotopic (exact) mass is 293 g/mol. The van der Waals surface area contributed by atoms with Gasteiger partial charge < -0.3 is 9.30 Å². The first-order valence-corrected chi connectivity index (χ1v) is 7.62. The normalized spacial score (nSPS) is 20.4. The van der Waals surface area contributed by atoms with Crippen LogP contribution in [0.5, 0.6) is 0 Å². The van der Waals surface area contributed by atoms with Gasteiger partial charge in [-0.2, -0.15) is 0 Å². The molecule has 0 unspecified atom stereocenters. The van der Waals surface area contributed by atoms with Gasteiger partial charge in [0.2, 0.25) is 0 Å². The van der Waals surface area contributed by atoms with Crippen molar-refractivity contribution in [2.45, 2.75) is 26.5 Å². The van der Waals surface area contributed by atoms with Crippen LogP contribution in [0.1, 0.15) is 28.5 Å². The highest BCUT2D eigenvalue weighted by atomic mass is 32.1. The molecule has 2 aromatic heterocycles. The van der Waals surface area contributed by atoms with Crippen LogP contribution in [-0.2, 0) is 18.3 Å². The maximum Gasteiger partial charge on any atom is 0.146 e. The Bertz CT molecular complexity index is 593. The zero-order valence-corrected chi connectivity index (χ0v) is 12.9. The summed E-state index contributed by atoms with van der Waals surface area (Å²) in [5.41, 5.74) is 1.06. The van der Waals surface area contributed by atoms with Gasteiger partial charge in [-0.05, 0) is 13.8 Å². The van der Waals surface area contributed by atoms with Crippen LogP contribution in [-0.4, -0.2) is 44.3 Å². The third-order valence-electron chi connectivity index (χ3n) is 3.61. The lowest BCUT2D eigenvalue weighted by Gasteiger charge is -2.31. The molecule has 1 saturated heterocycles. The standard InChI is InChI=1S/C13H19N5OS/c1-9-8-20-13(14-9)11-6-18(4-5-19-11)7-12-16-15-10(2)17(12)3/h8,11H,4-7H2,1-3H3/t11-/m0/s1. The van der Waals surface area contributed by atoms with Crippen LogP contribution in [0.25, 0.3) is 0 Å². The van der Waals surface area contributed by atoms with Crippen molar-refractivity contribution in [2.24, 2.45) is 7.05 Å². The van der Waals surface area contributed by atoms with E-state index in [9.17, 15) is 0 Å². The minimum Gasteiger partial charge on any atom is -0.368 e.